The van der Waals surface area contributed by atoms with E-state index in [1.165, 1.54) is 34.8 Å². The summed E-state index contributed by atoms with van der Waals surface area (Å²) in [5, 5.41) is 24.3. The number of hydrogen-bond donors (Lipinski definition) is 0. The van der Waals surface area contributed by atoms with E-state index in [0.29, 0.717) is 56.1 Å². The molecular formula is C44H24Cl2F2N8S2. The molecule has 0 radical (unpaired) electrons. The van der Waals surface area contributed by atoms with Crippen LogP contribution in [0.5, 0.6) is 0 Å². The summed E-state index contributed by atoms with van der Waals surface area (Å²) < 4.78 is 33.2. The molecule has 0 saturated heterocycles. The SMILES string of the molecule is N#CCc1ccc(-n2cnc3cnc4cc(F)c(-c5cccs5)cc4c32)c(Cl)c1.N#CCc1ccc(-n2cnc3cnc4cc(F)c(-c5cccs5)cc4c32)c(Cl)c1. The van der Waals surface area contributed by atoms with Gasteiger partial charge in [0.1, 0.15) is 35.3 Å². The summed E-state index contributed by atoms with van der Waals surface area (Å²) in [5.41, 5.74) is 8.34. The maximum absolute atomic E-state index is 14.7. The molecule has 58 heavy (non-hydrogen) atoms. The van der Waals surface area contributed by atoms with Crippen molar-refractivity contribution in [3.8, 4) is 44.4 Å². The predicted octanol–water partition coefficient (Wildman–Crippen LogP) is 12.3. The summed E-state index contributed by atoms with van der Waals surface area (Å²) in [4.78, 5) is 19.4. The monoisotopic (exact) mass is 836 g/mol. The van der Waals surface area contributed by atoms with Gasteiger partial charge in [0.2, 0.25) is 0 Å². The fourth-order valence-electron chi connectivity index (χ4n) is 6.93. The van der Waals surface area contributed by atoms with Crippen LogP contribution in [0.2, 0.25) is 10.0 Å². The van der Waals surface area contributed by atoms with Crippen LogP contribution < -0.4 is 0 Å². The molecule has 4 aromatic carbocycles. The number of nitrogens with zero attached hydrogens (tertiary/aromatic N) is 8. The molecule has 0 aliphatic heterocycles. The van der Waals surface area contributed by atoms with E-state index in [1.54, 1.807) is 37.2 Å². The van der Waals surface area contributed by atoms with Gasteiger partial charge < -0.3 is 0 Å². The van der Waals surface area contributed by atoms with E-state index in [-0.39, 0.29) is 11.6 Å². The number of aromatic nitrogens is 6. The summed E-state index contributed by atoms with van der Waals surface area (Å²) in [7, 11) is 0. The highest BCUT2D eigenvalue weighted by atomic mass is 35.5. The first-order valence-electron chi connectivity index (χ1n) is 17.6. The predicted molar refractivity (Wildman–Crippen MR) is 228 cm³/mol. The van der Waals surface area contributed by atoms with Gasteiger partial charge >= 0.3 is 0 Å². The van der Waals surface area contributed by atoms with Crippen LogP contribution in [0.1, 0.15) is 11.1 Å². The molecule has 8 nitrogen and oxygen atoms in total. The minimum atomic E-state index is -0.309. The van der Waals surface area contributed by atoms with Crippen molar-refractivity contribution >= 4 is 89.7 Å². The van der Waals surface area contributed by atoms with Crippen LogP contribution >= 0.6 is 45.9 Å². The Labute approximate surface area is 347 Å². The fourth-order valence-corrected chi connectivity index (χ4v) is 9.01. The van der Waals surface area contributed by atoms with Crippen LogP contribution in [0.15, 0.2) is 121 Å². The Kier molecular flexibility index (Phi) is 9.86. The summed E-state index contributed by atoms with van der Waals surface area (Å²) in [6.07, 6.45) is 7.23. The number of nitriles is 2. The smallest absolute Gasteiger partial charge is 0.134 e. The third kappa shape index (κ3) is 6.72. The van der Waals surface area contributed by atoms with Gasteiger partial charge in [0, 0.05) is 43.8 Å². The number of thiophene rings is 2. The van der Waals surface area contributed by atoms with Gasteiger partial charge in [0.05, 0.1) is 80.9 Å². The first-order valence-corrected chi connectivity index (χ1v) is 20.1. The van der Waals surface area contributed by atoms with E-state index in [2.05, 4.69) is 32.1 Å². The van der Waals surface area contributed by atoms with Gasteiger partial charge in [-0.05, 0) is 70.4 Å². The van der Waals surface area contributed by atoms with Crippen LogP contribution in [-0.2, 0) is 12.8 Å². The molecule has 0 amide bonds. The zero-order valence-corrected chi connectivity index (χ0v) is 33.0. The molecule has 0 fully saturated rings. The van der Waals surface area contributed by atoms with Crippen molar-refractivity contribution in [3.63, 3.8) is 0 Å². The van der Waals surface area contributed by atoms with Crippen molar-refractivity contribution in [2.75, 3.05) is 0 Å². The number of pyridine rings is 2. The van der Waals surface area contributed by atoms with Crippen LogP contribution in [-0.4, -0.2) is 29.1 Å². The zero-order chi connectivity index (χ0) is 39.9. The van der Waals surface area contributed by atoms with Crippen molar-refractivity contribution in [2.45, 2.75) is 12.8 Å². The molecule has 10 aromatic rings. The van der Waals surface area contributed by atoms with Crippen LogP contribution in [0.25, 0.3) is 76.1 Å². The lowest BCUT2D eigenvalue weighted by atomic mass is 10.1. The van der Waals surface area contributed by atoms with Crippen molar-refractivity contribution in [1.82, 2.24) is 29.1 Å². The number of imidazole rings is 2. The number of halogens is 4. The number of benzene rings is 4. The normalized spacial score (nSPS) is 11.2. The molecule has 280 valence electrons. The molecule has 10 rings (SSSR count). The van der Waals surface area contributed by atoms with Gasteiger partial charge in [-0.1, -0.05) is 47.5 Å². The highest BCUT2D eigenvalue weighted by molar-refractivity contribution is 7.13. The third-order valence-electron chi connectivity index (χ3n) is 9.61. The minimum Gasteiger partial charge on any atom is -0.297 e. The van der Waals surface area contributed by atoms with Crippen molar-refractivity contribution < 1.29 is 8.78 Å². The summed E-state index contributed by atoms with van der Waals surface area (Å²) in [6, 6.07) is 29.4. The van der Waals surface area contributed by atoms with Crippen LogP contribution in [0, 0.1) is 34.3 Å². The molecular weight excluding hydrogens is 814 g/mol. The number of hydrogen-bond acceptors (Lipinski definition) is 8. The van der Waals surface area contributed by atoms with Gasteiger partial charge in [0.15, 0.2) is 0 Å². The molecule has 0 saturated carbocycles. The van der Waals surface area contributed by atoms with Gasteiger partial charge in [-0.25, -0.2) is 18.7 Å². The second kappa shape index (κ2) is 15.4. The number of fused-ring (bicyclic) bond motifs is 6. The lowest BCUT2D eigenvalue weighted by Crippen LogP contribution is -1.96. The van der Waals surface area contributed by atoms with Crippen molar-refractivity contribution in [1.29, 1.82) is 10.5 Å². The molecule has 0 atom stereocenters. The lowest BCUT2D eigenvalue weighted by molar-refractivity contribution is 0.633. The summed E-state index contributed by atoms with van der Waals surface area (Å²) >= 11 is 16.0. The molecule has 0 unspecified atom stereocenters. The van der Waals surface area contributed by atoms with Crippen LogP contribution in [0.4, 0.5) is 8.78 Å². The van der Waals surface area contributed by atoms with E-state index in [9.17, 15) is 8.78 Å². The molecule has 0 aliphatic rings. The Balaban J connectivity index is 0.000000150. The minimum absolute atomic E-state index is 0.293. The topological polar surface area (TPSA) is 109 Å². The standard InChI is InChI=1S/2C22H12ClFN4S/c2*23-16-8-13(5-6-25)3-4-20(16)28-12-27-19-11-26-18-10-17(24)14(9-15(18)22(19)28)21-2-1-7-29-21/h2*1-4,7-12H,5H2. The average Bonchev–Trinajstić information content (AvgIpc) is 4.06. The highest BCUT2D eigenvalue weighted by Gasteiger charge is 2.18. The molecule has 6 heterocycles. The first kappa shape index (κ1) is 37.1. The Morgan fingerprint density at radius 2 is 1.02 bits per heavy atom. The third-order valence-corrected chi connectivity index (χ3v) is 12.0. The number of rotatable bonds is 6. The zero-order valence-electron chi connectivity index (χ0n) is 29.9. The molecule has 14 heteroatoms. The Morgan fingerprint density at radius 1 is 0.569 bits per heavy atom. The second-order valence-electron chi connectivity index (χ2n) is 13.1. The second-order valence-corrected chi connectivity index (χ2v) is 15.8. The van der Waals surface area contributed by atoms with Crippen molar-refractivity contribution in [3.05, 3.63) is 154 Å². The Bertz CT molecular complexity index is 3050. The molecule has 6 aromatic heterocycles. The summed E-state index contributed by atoms with van der Waals surface area (Å²) in [6.45, 7) is 0. The molecule has 0 aliphatic carbocycles. The summed E-state index contributed by atoms with van der Waals surface area (Å²) in [5.74, 6) is -0.617. The van der Waals surface area contributed by atoms with Gasteiger partial charge in [0.25, 0.3) is 0 Å². The van der Waals surface area contributed by atoms with Gasteiger partial charge in [-0.2, -0.15) is 10.5 Å². The van der Waals surface area contributed by atoms with Gasteiger partial charge in [-0.3, -0.25) is 19.1 Å². The van der Waals surface area contributed by atoms with Crippen LogP contribution in [0.3, 0.4) is 0 Å². The Hall–Kier alpha value is -6.54. The highest BCUT2D eigenvalue weighted by Crippen LogP contribution is 2.37. The van der Waals surface area contributed by atoms with E-state index >= 15 is 0 Å². The molecule has 0 N–H and O–H groups in total. The Morgan fingerprint density at radius 3 is 1.40 bits per heavy atom. The fraction of sp³-hybridized carbons (Fsp3) is 0.0455. The quantitative estimate of drug-likeness (QED) is 0.165. The van der Waals surface area contributed by atoms with E-state index < -0.39 is 0 Å². The van der Waals surface area contributed by atoms with E-state index in [0.717, 1.165) is 54.1 Å². The van der Waals surface area contributed by atoms with E-state index in [4.69, 9.17) is 33.7 Å². The maximum atomic E-state index is 14.7. The first-order chi connectivity index (χ1) is 28.3. The van der Waals surface area contributed by atoms with Gasteiger partial charge in [-0.15, -0.1) is 22.7 Å². The van der Waals surface area contributed by atoms with E-state index in [1.807, 2.05) is 80.6 Å². The lowest BCUT2D eigenvalue weighted by Gasteiger charge is -2.11. The molecule has 0 spiro atoms. The largest absolute Gasteiger partial charge is 0.297 e. The average molecular weight is 838 g/mol. The molecule has 0 bridgehead atoms. The van der Waals surface area contributed by atoms with Crippen molar-refractivity contribution in [2.24, 2.45) is 0 Å². The maximum Gasteiger partial charge on any atom is 0.134 e.